The number of sulfonamides is 1. The van der Waals surface area contributed by atoms with Crippen molar-refractivity contribution in [1.82, 2.24) is 0 Å². The molecule has 1 aromatic rings. The van der Waals surface area contributed by atoms with Crippen molar-refractivity contribution < 1.29 is 12.8 Å². The van der Waals surface area contributed by atoms with E-state index in [-0.39, 0.29) is 5.82 Å². The number of aryl methyl sites for hydroxylation is 1. The third-order valence-corrected chi connectivity index (χ3v) is 2.07. The summed E-state index contributed by atoms with van der Waals surface area (Å²) in [6.07, 6.45) is 1.05. The number of nitrogens with one attached hydrogen (secondary N) is 1. The van der Waals surface area contributed by atoms with Crippen molar-refractivity contribution in [3.63, 3.8) is 0 Å². The van der Waals surface area contributed by atoms with Gasteiger partial charge in [0.1, 0.15) is 5.82 Å². The first-order valence-electron chi connectivity index (χ1n) is 3.62. The lowest BCUT2D eigenvalue weighted by Crippen LogP contribution is -2.09. The van der Waals surface area contributed by atoms with Crippen molar-refractivity contribution in [2.75, 3.05) is 11.0 Å². The molecule has 0 spiro atoms. The molecule has 1 N–H and O–H groups in total. The molecule has 1 rings (SSSR count). The van der Waals surface area contributed by atoms with E-state index in [1.54, 1.807) is 6.92 Å². The molecule has 72 valence electrons. The summed E-state index contributed by atoms with van der Waals surface area (Å²) in [4.78, 5) is 0. The second-order valence-electron chi connectivity index (χ2n) is 2.84. The van der Waals surface area contributed by atoms with Gasteiger partial charge in [-0.25, -0.2) is 12.8 Å². The first-order valence-corrected chi connectivity index (χ1v) is 5.51. The fourth-order valence-corrected chi connectivity index (χ4v) is 1.48. The lowest BCUT2D eigenvalue weighted by atomic mass is 10.2. The van der Waals surface area contributed by atoms with Crippen LogP contribution in [0.5, 0.6) is 0 Å². The molecule has 0 heterocycles. The highest BCUT2D eigenvalue weighted by Gasteiger charge is 2.03. The van der Waals surface area contributed by atoms with Crippen LogP contribution in [0.3, 0.4) is 0 Å². The van der Waals surface area contributed by atoms with Gasteiger partial charge in [0.05, 0.1) is 6.26 Å². The summed E-state index contributed by atoms with van der Waals surface area (Å²) in [5, 5.41) is 0. The van der Waals surface area contributed by atoms with Crippen LogP contribution in [-0.2, 0) is 10.0 Å². The van der Waals surface area contributed by atoms with Gasteiger partial charge in [0.15, 0.2) is 0 Å². The van der Waals surface area contributed by atoms with E-state index in [0.29, 0.717) is 11.3 Å². The maximum atomic E-state index is 12.8. The maximum absolute atomic E-state index is 12.8. The number of rotatable bonds is 2. The van der Waals surface area contributed by atoms with Crippen molar-refractivity contribution in [2.45, 2.75) is 6.92 Å². The van der Waals surface area contributed by atoms with Crippen molar-refractivity contribution in [3.05, 3.63) is 29.6 Å². The smallest absolute Gasteiger partial charge is 0.229 e. The van der Waals surface area contributed by atoms with E-state index in [2.05, 4.69) is 4.72 Å². The largest absolute Gasteiger partial charge is 0.284 e. The summed E-state index contributed by atoms with van der Waals surface area (Å²) >= 11 is 0. The third-order valence-electron chi connectivity index (χ3n) is 1.46. The molecule has 13 heavy (non-hydrogen) atoms. The molecular formula is C8H10FNO2S. The molecule has 0 unspecified atom stereocenters. The van der Waals surface area contributed by atoms with E-state index in [4.69, 9.17) is 0 Å². The van der Waals surface area contributed by atoms with E-state index < -0.39 is 10.0 Å². The Labute approximate surface area is 76.6 Å². The summed E-state index contributed by atoms with van der Waals surface area (Å²) in [6.45, 7) is 1.57. The molecule has 0 fully saturated rings. The Kier molecular flexibility index (Phi) is 2.56. The van der Waals surface area contributed by atoms with Crippen LogP contribution < -0.4 is 4.72 Å². The molecule has 0 aromatic heterocycles. The highest BCUT2D eigenvalue weighted by Crippen LogP contribution is 2.14. The van der Waals surface area contributed by atoms with Crippen LogP contribution in [0.1, 0.15) is 5.56 Å². The Morgan fingerprint density at radius 3 is 2.46 bits per heavy atom. The van der Waals surface area contributed by atoms with Gasteiger partial charge in [0.25, 0.3) is 0 Å². The number of halogens is 1. The van der Waals surface area contributed by atoms with Crippen LogP contribution >= 0.6 is 0 Å². The SMILES string of the molecule is Cc1cc(NS(C)(=O)=O)ccc1F. The Morgan fingerprint density at radius 1 is 1.38 bits per heavy atom. The zero-order chi connectivity index (χ0) is 10.1. The third kappa shape index (κ3) is 3.02. The molecule has 0 aliphatic carbocycles. The van der Waals surface area contributed by atoms with Gasteiger partial charge in [-0.05, 0) is 30.7 Å². The van der Waals surface area contributed by atoms with Crippen molar-refractivity contribution >= 4 is 15.7 Å². The predicted octanol–water partition coefficient (Wildman–Crippen LogP) is 1.51. The average Bonchev–Trinajstić information content (AvgIpc) is 1.94. The lowest BCUT2D eigenvalue weighted by Gasteiger charge is -2.04. The van der Waals surface area contributed by atoms with Crippen LogP contribution in [0.4, 0.5) is 10.1 Å². The molecule has 0 saturated heterocycles. The Hall–Kier alpha value is -1.10. The van der Waals surface area contributed by atoms with Crippen LogP contribution in [0.25, 0.3) is 0 Å². The fraction of sp³-hybridized carbons (Fsp3) is 0.250. The van der Waals surface area contributed by atoms with Gasteiger partial charge in [0, 0.05) is 5.69 Å². The van der Waals surface area contributed by atoms with Gasteiger partial charge in [-0.2, -0.15) is 0 Å². The van der Waals surface area contributed by atoms with Gasteiger partial charge < -0.3 is 0 Å². The number of anilines is 1. The van der Waals surface area contributed by atoms with Gasteiger partial charge in [-0.3, -0.25) is 4.72 Å². The topological polar surface area (TPSA) is 46.2 Å². The van der Waals surface area contributed by atoms with Crippen LogP contribution in [-0.4, -0.2) is 14.7 Å². The van der Waals surface area contributed by atoms with Gasteiger partial charge >= 0.3 is 0 Å². The molecule has 0 aliphatic rings. The summed E-state index contributed by atoms with van der Waals surface area (Å²) in [5.74, 6) is -0.348. The molecular weight excluding hydrogens is 193 g/mol. The second kappa shape index (κ2) is 3.33. The molecule has 0 amide bonds. The molecule has 3 nitrogen and oxygen atoms in total. The minimum absolute atomic E-state index is 0.348. The molecule has 0 atom stereocenters. The van der Waals surface area contributed by atoms with Crippen LogP contribution in [0, 0.1) is 12.7 Å². The summed E-state index contributed by atoms with van der Waals surface area (Å²) in [6, 6.07) is 4.04. The molecule has 0 bridgehead atoms. The van der Waals surface area contributed by atoms with Crippen LogP contribution in [0.15, 0.2) is 18.2 Å². The van der Waals surface area contributed by atoms with Crippen molar-refractivity contribution in [2.24, 2.45) is 0 Å². The first kappa shape index (κ1) is 9.98. The zero-order valence-corrected chi connectivity index (χ0v) is 8.15. The highest BCUT2D eigenvalue weighted by molar-refractivity contribution is 7.92. The minimum Gasteiger partial charge on any atom is -0.284 e. The Balaban J connectivity index is 2.99. The molecule has 0 aliphatic heterocycles. The Bertz CT molecular complexity index is 414. The van der Waals surface area contributed by atoms with Crippen molar-refractivity contribution in [1.29, 1.82) is 0 Å². The van der Waals surface area contributed by atoms with Crippen molar-refractivity contribution in [3.8, 4) is 0 Å². The molecule has 0 radical (unpaired) electrons. The standard InChI is InChI=1S/C8H10FNO2S/c1-6-5-7(3-4-8(6)9)10-13(2,11)12/h3-5,10H,1-2H3. The second-order valence-corrected chi connectivity index (χ2v) is 4.59. The minimum atomic E-state index is -3.28. The van der Waals surface area contributed by atoms with E-state index >= 15 is 0 Å². The summed E-state index contributed by atoms with van der Waals surface area (Å²) in [7, 11) is -3.28. The molecule has 0 saturated carbocycles. The van der Waals surface area contributed by atoms with Gasteiger partial charge in [0.2, 0.25) is 10.0 Å². The average molecular weight is 203 g/mol. The van der Waals surface area contributed by atoms with Gasteiger partial charge in [-0.15, -0.1) is 0 Å². The van der Waals surface area contributed by atoms with Crippen LogP contribution in [0.2, 0.25) is 0 Å². The maximum Gasteiger partial charge on any atom is 0.229 e. The van der Waals surface area contributed by atoms with E-state index in [1.807, 2.05) is 0 Å². The summed E-state index contributed by atoms with van der Waals surface area (Å²) < 4.78 is 36.6. The number of benzene rings is 1. The van der Waals surface area contributed by atoms with E-state index in [0.717, 1.165) is 6.26 Å². The van der Waals surface area contributed by atoms with Gasteiger partial charge in [-0.1, -0.05) is 0 Å². The Morgan fingerprint density at radius 2 is 2.00 bits per heavy atom. The fourth-order valence-electron chi connectivity index (χ4n) is 0.922. The predicted molar refractivity (Wildman–Crippen MR) is 49.6 cm³/mol. The monoisotopic (exact) mass is 203 g/mol. The number of hydrogen-bond donors (Lipinski definition) is 1. The molecule has 1 aromatic carbocycles. The highest BCUT2D eigenvalue weighted by atomic mass is 32.2. The summed E-state index contributed by atoms with van der Waals surface area (Å²) in [5.41, 5.74) is 0.787. The first-order chi connectivity index (χ1) is 5.88. The van der Waals surface area contributed by atoms with E-state index in [1.165, 1.54) is 18.2 Å². The quantitative estimate of drug-likeness (QED) is 0.791. The zero-order valence-electron chi connectivity index (χ0n) is 7.33. The normalized spacial score (nSPS) is 11.3. The molecule has 5 heteroatoms. The lowest BCUT2D eigenvalue weighted by molar-refractivity contribution is 0.606. The number of hydrogen-bond acceptors (Lipinski definition) is 2. The van der Waals surface area contributed by atoms with E-state index in [9.17, 15) is 12.8 Å².